The number of methoxy groups -OCH3 is 1. The van der Waals surface area contributed by atoms with Crippen LogP contribution in [0, 0.1) is 5.92 Å². The first-order chi connectivity index (χ1) is 13.1. The monoisotopic (exact) mass is 366 g/mol. The van der Waals surface area contributed by atoms with Gasteiger partial charge in [-0.1, -0.05) is 12.1 Å². The molecule has 2 amide bonds. The smallest absolute Gasteiger partial charge is 0.228 e. The Hall–Kier alpha value is -2.96. The third kappa shape index (κ3) is 3.77. The van der Waals surface area contributed by atoms with Gasteiger partial charge in [-0.25, -0.2) is 9.97 Å². The Morgan fingerprint density at radius 1 is 1.30 bits per heavy atom. The number of carbonyl (C=O) groups excluding carboxylic acids is 2. The van der Waals surface area contributed by atoms with Gasteiger partial charge < -0.3 is 15.0 Å². The van der Waals surface area contributed by atoms with E-state index in [1.165, 1.54) is 0 Å². The zero-order valence-corrected chi connectivity index (χ0v) is 15.3. The van der Waals surface area contributed by atoms with Gasteiger partial charge in [-0.2, -0.15) is 0 Å². The van der Waals surface area contributed by atoms with Gasteiger partial charge in [-0.15, -0.1) is 0 Å². The van der Waals surface area contributed by atoms with Gasteiger partial charge in [0.05, 0.1) is 25.3 Å². The molecule has 1 saturated heterocycles. The van der Waals surface area contributed by atoms with E-state index in [2.05, 4.69) is 15.3 Å². The first kappa shape index (κ1) is 17.5. The molecule has 140 valence electrons. The van der Waals surface area contributed by atoms with Crippen molar-refractivity contribution in [2.45, 2.75) is 32.4 Å². The van der Waals surface area contributed by atoms with E-state index in [1.807, 2.05) is 35.4 Å². The first-order valence-corrected chi connectivity index (χ1v) is 9.14. The number of rotatable bonds is 4. The van der Waals surface area contributed by atoms with Crippen LogP contribution in [0.5, 0.6) is 5.75 Å². The Morgan fingerprint density at radius 3 is 2.81 bits per heavy atom. The van der Waals surface area contributed by atoms with Gasteiger partial charge in [-0.3, -0.25) is 9.59 Å². The number of aromatic nitrogens is 2. The Kier molecular flexibility index (Phi) is 4.75. The van der Waals surface area contributed by atoms with Crippen molar-refractivity contribution in [3.63, 3.8) is 0 Å². The maximum absolute atomic E-state index is 12.7. The Balaban J connectivity index is 1.42. The molecule has 2 aromatic rings. The van der Waals surface area contributed by atoms with Crippen molar-refractivity contribution in [2.75, 3.05) is 13.7 Å². The highest BCUT2D eigenvalue weighted by molar-refractivity contribution is 5.84. The van der Waals surface area contributed by atoms with Crippen molar-refractivity contribution in [3.05, 3.63) is 53.1 Å². The quantitative estimate of drug-likeness (QED) is 0.885. The fourth-order valence-corrected chi connectivity index (χ4v) is 3.56. The molecule has 1 atom stereocenters. The fourth-order valence-electron chi connectivity index (χ4n) is 3.56. The van der Waals surface area contributed by atoms with E-state index in [4.69, 9.17) is 4.74 Å². The fraction of sp³-hybridized carbons (Fsp3) is 0.400. The highest BCUT2D eigenvalue weighted by Crippen LogP contribution is 2.25. The van der Waals surface area contributed by atoms with E-state index in [-0.39, 0.29) is 17.7 Å². The van der Waals surface area contributed by atoms with Crippen molar-refractivity contribution in [1.82, 2.24) is 20.2 Å². The number of benzene rings is 1. The molecule has 1 aromatic carbocycles. The largest absolute Gasteiger partial charge is 0.497 e. The molecule has 27 heavy (non-hydrogen) atoms. The summed E-state index contributed by atoms with van der Waals surface area (Å²) in [7, 11) is 1.65. The maximum atomic E-state index is 12.7. The minimum Gasteiger partial charge on any atom is -0.497 e. The summed E-state index contributed by atoms with van der Waals surface area (Å²) in [6, 6.07) is 7.85. The molecule has 2 aliphatic heterocycles. The highest BCUT2D eigenvalue weighted by Gasteiger charge is 2.32. The summed E-state index contributed by atoms with van der Waals surface area (Å²) in [5.74, 6) is 1.55. The number of piperidine rings is 1. The molecule has 0 saturated carbocycles. The third-order valence-electron chi connectivity index (χ3n) is 5.15. The predicted octanol–water partition coefficient (Wildman–Crippen LogP) is 1.44. The summed E-state index contributed by atoms with van der Waals surface area (Å²) < 4.78 is 5.18. The van der Waals surface area contributed by atoms with Gasteiger partial charge in [0.25, 0.3) is 0 Å². The second kappa shape index (κ2) is 7.34. The van der Waals surface area contributed by atoms with Crippen LogP contribution in [-0.4, -0.2) is 40.3 Å². The highest BCUT2D eigenvalue weighted by atomic mass is 16.5. The Bertz CT molecular complexity index is 856. The summed E-state index contributed by atoms with van der Waals surface area (Å²) in [4.78, 5) is 35.0. The molecular formula is C20H22N4O3. The van der Waals surface area contributed by atoms with Crippen molar-refractivity contribution >= 4 is 11.8 Å². The zero-order valence-electron chi connectivity index (χ0n) is 15.3. The molecule has 1 aromatic heterocycles. The van der Waals surface area contributed by atoms with E-state index >= 15 is 0 Å². The van der Waals surface area contributed by atoms with Crippen LogP contribution in [0.25, 0.3) is 0 Å². The summed E-state index contributed by atoms with van der Waals surface area (Å²) >= 11 is 0. The first-order valence-electron chi connectivity index (χ1n) is 9.14. The molecule has 0 spiro atoms. The summed E-state index contributed by atoms with van der Waals surface area (Å²) in [6.45, 7) is 1.48. The number of ether oxygens (including phenoxy) is 1. The van der Waals surface area contributed by atoms with Gasteiger partial charge in [-0.05, 0) is 24.1 Å². The number of carbonyl (C=O) groups is 2. The zero-order chi connectivity index (χ0) is 18.8. The second-order valence-corrected chi connectivity index (χ2v) is 7.02. The number of nitrogens with one attached hydrogen (secondary N) is 1. The predicted molar refractivity (Wildman–Crippen MR) is 97.8 cm³/mol. The van der Waals surface area contributed by atoms with Gasteiger partial charge in [0, 0.05) is 37.7 Å². The van der Waals surface area contributed by atoms with E-state index in [9.17, 15) is 9.59 Å². The van der Waals surface area contributed by atoms with Crippen LogP contribution in [0.1, 0.15) is 35.5 Å². The third-order valence-corrected chi connectivity index (χ3v) is 5.15. The van der Waals surface area contributed by atoms with Crippen LogP contribution in [0.15, 0.2) is 30.5 Å². The van der Waals surface area contributed by atoms with Crippen LogP contribution in [-0.2, 0) is 29.1 Å². The normalized spacial score (nSPS) is 18.8. The molecule has 7 heteroatoms. The SMILES string of the molecule is COc1ccc(Cc2ncc3c(n2)CN(C(=O)[C@H]2CCC(=O)NC2)C3)cc1. The lowest BCUT2D eigenvalue weighted by Crippen LogP contribution is -2.43. The average Bonchev–Trinajstić information content (AvgIpc) is 3.12. The van der Waals surface area contributed by atoms with Crippen molar-refractivity contribution in [1.29, 1.82) is 0 Å². The maximum Gasteiger partial charge on any atom is 0.228 e. The molecule has 1 N–H and O–H groups in total. The molecule has 0 aliphatic carbocycles. The summed E-state index contributed by atoms with van der Waals surface area (Å²) in [5, 5.41) is 2.78. The average molecular weight is 366 g/mol. The number of amides is 2. The Labute approximate surface area is 157 Å². The number of fused-ring (bicyclic) bond motifs is 1. The van der Waals surface area contributed by atoms with Crippen molar-refractivity contribution in [2.24, 2.45) is 5.92 Å². The molecular weight excluding hydrogens is 344 g/mol. The van der Waals surface area contributed by atoms with E-state index < -0.39 is 0 Å². The van der Waals surface area contributed by atoms with Crippen molar-refractivity contribution < 1.29 is 14.3 Å². The lowest BCUT2D eigenvalue weighted by Gasteiger charge is -2.26. The van der Waals surface area contributed by atoms with Crippen LogP contribution >= 0.6 is 0 Å². The Morgan fingerprint density at radius 2 is 2.11 bits per heavy atom. The summed E-state index contributed by atoms with van der Waals surface area (Å²) in [6.07, 6.45) is 3.51. The van der Waals surface area contributed by atoms with Crippen LogP contribution in [0.3, 0.4) is 0 Å². The number of nitrogens with zero attached hydrogens (tertiary/aromatic N) is 3. The molecule has 2 aliphatic rings. The standard InChI is InChI=1S/C20H22N4O3/c1-27-16-5-2-13(3-6-16)8-18-21-10-15-11-24(12-17(15)23-18)20(26)14-4-7-19(25)22-9-14/h2-3,5-6,10,14H,4,7-9,11-12H2,1H3,(H,22,25)/t14-/m0/s1. The number of hydrogen-bond acceptors (Lipinski definition) is 5. The molecule has 1 fully saturated rings. The van der Waals surface area contributed by atoms with Gasteiger partial charge >= 0.3 is 0 Å². The molecule has 3 heterocycles. The molecule has 0 bridgehead atoms. The molecule has 7 nitrogen and oxygen atoms in total. The summed E-state index contributed by atoms with van der Waals surface area (Å²) in [5.41, 5.74) is 3.03. The second-order valence-electron chi connectivity index (χ2n) is 7.02. The molecule has 4 rings (SSSR count). The van der Waals surface area contributed by atoms with Gasteiger partial charge in [0.2, 0.25) is 11.8 Å². The van der Waals surface area contributed by atoms with E-state index in [0.717, 1.165) is 28.4 Å². The van der Waals surface area contributed by atoms with Gasteiger partial charge in [0.15, 0.2) is 0 Å². The molecule has 0 unspecified atom stereocenters. The van der Waals surface area contributed by atoms with Crippen molar-refractivity contribution in [3.8, 4) is 5.75 Å². The molecule has 0 radical (unpaired) electrons. The topological polar surface area (TPSA) is 84.4 Å². The lowest BCUT2D eigenvalue weighted by molar-refractivity contribution is -0.138. The minimum absolute atomic E-state index is 0.0257. The van der Waals surface area contributed by atoms with Crippen LogP contribution in [0.2, 0.25) is 0 Å². The van der Waals surface area contributed by atoms with E-state index in [1.54, 1.807) is 7.11 Å². The van der Waals surface area contributed by atoms with Crippen LogP contribution < -0.4 is 10.1 Å². The van der Waals surface area contributed by atoms with E-state index in [0.29, 0.717) is 38.9 Å². The lowest BCUT2D eigenvalue weighted by atomic mass is 9.98. The number of hydrogen-bond donors (Lipinski definition) is 1. The minimum atomic E-state index is -0.135. The van der Waals surface area contributed by atoms with Gasteiger partial charge in [0.1, 0.15) is 11.6 Å². The van der Waals surface area contributed by atoms with Crippen LogP contribution in [0.4, 0.5) is 0 Å².